The average molecular weight is 406 g/mol. The fraction of sp³-hybridized carbons (Fsp3) is 0.400. The first-order valence-corrected chi connectivity index (χ1v) is 10.7. The van der Waals surface area contributed by atoms with Gasteiger partial charge in [0.25, 0.3) is 5.56 Å². The van der Waals surface area contributed by atoms with Gasteiger partial charge in [0, 0.05) is 13.0 Å². The standard InChI is InChI=1S/C25H31N3O2/c1-5-19-11-13-20(14-12-19)23(17(2)3)27-22(29)10-7-15-28-16-26-24-18(4)8-6-9-21(24)25(28)30/h6,8-9,11-14,16-17,23H,5,7,10,15H2,1-4H3,(H,27,29). The van der Waals surface area contributed by atoms with E-state index in [0.29, 0.717) is 24.8 Å². The Labute approximate surface area is 178 Å². The zero-order chi connectivity index (χ0) is 21.7. The van der Waals surface area contributed by atoms with E-state index in [-0.39, 0.29) is 23.4 Å². The number of carbonyl (C=O) groups is 1. The zero-order valence-corrected chi connectivity index (χ0v) is 18.3. The molecule has 2 aromatic carbocycles. The van der Waals surface area contributed by atoms with Gasteiger partial charge in [-0.1, -0.05) is 57.2 Å². The molecule has 5 heteroatoms. The number of hydrogen-bond acceptors (Lipinski definition) is 3. The van der Waals surface area contributed by atoms with Crippen LogP contribution in [0.3, 0.4) is 0 Å². The van der Waals surface area contributed by atoms with Crippen molar-refractivity contribution in [1.82, 2.24) is 14.9 Å². The van der Waals surface area contributed by atoms with E-state index in [9.17, 15) is 9.59 Å². The molecule has 1 N–H and O–H groups in total. The molecule has 1 aromatic heterocycles. The summed E-state index contributed by atoms with van der Waals surface area (Å²) in [5, 5.41) is 3.79. The normalized spacial score (nSPS) is 12.3. The van der Waals surface area contributed by atoms with Gasteiger partial charge >= 0.3 is 0 Å². The summed E-state index contributed by atoms with van der Waals surface area (Å²) >= 11 is 0. The Morgan fingerprint density at radius 2 is 1.87 bits per heavy atom. The molecule has 0 aliphatic rings. The molecule has 1 heterocycles. The molecular formula is C25H31N3O2. The molecule has 0 radical (unpaired) electrons. The van der Waals surface area contributed by atoms with E-state index >= 15 is 0 Å². The quantitative estimate of drug-likeness (QED) is 0.597. The number of carbonyl (C=O) groups excluding carboxylic acids is 1. The largest absolute Gasteiger partial charge is 0.349 e. The number of aromatic nitrogens is 2. The molecule has 0 fully saturated rings. The molecule has 1 unspecified atom stereocenters. The summed E-state index contributed by atoms with van der Waals surface area (Å²) in [6, 6.07) is 14.1. The van der Waals surface area contributed by atoms with Crippen molar-refractivity contribution in [2.75, 3.05) is 0 Å². The van der Waals surface area contributed by atoms with E-state index in [1.165, 1.54) is 5.56 Å². The predicted octanol–water partition coefficient (Wildman–Crippen LogP) is 4.56. The number of nitrogens with one attached hydrogen (secondary N) is 1. The lowest BCUT2D eigenvalue weighted by Gasteiger charge is -2.23. The third kappa shape index (κ3) is 4.96. The predicted molar refractivity (Wildman–Crippen MR) is 122 cm³/mol. The van der Waals surface area contributed by atoms with Crippen LogP contribution >= 0.6 is 0 Å². The smallest absolute Gasteiger partial charge is 0.261 e. The molecule has 3 rings (SSSR count). The number of rotatable bonds is 8. The number of amides is 1. The average Bonchev–Trinajstić information content (AvgIpc) is 2.74. The maximum Gasteiger partial charge on any atom is 0.261 e. The molecule has 0 saturated heterocycles. The Morgan fingerprint density at radius 3 is 2.53 bits per heavy atom. The minimum atomic E-state index is -0.0554. The van der Waals surface area contributed by atoms with Crippen molar-refractivity contribution in [2.45, 2.75) is 59.5 Å². The molecule has 3 aromatic rings. The fourth-order valence-corrected chi connectivity index (χ4v) is 3.75. The van der Waals surface area contributed by atoms with Crippen molar-refractivity contribution < 1.29 is 4.79 Å². The number of para-hydroxylation sites is 1. The van der Waals surface area contributed by atoms with Crippen LogP contribution in [0.4, 0.5) is 0 Å². The number of hydrogen-bond donors (Lipinski definition) is 1. The lowest BCUT2D eigenvalue weighted by atomic mass is 9.94. The first-order chi connectivity index (χ1) is 14.4. The highest BCUT2D eigenvalue weighted by atomic mass is 16.1. The van der Waals surface area contributed by atoms with Gasteiger partial charge in [-0.25, -0.2) is 4.98 Å². The zero-order valence-electron chi connectivity index (χ0n) is 18.3. The van der Waals surface area contributed by atoms with Gasteiger partial charge in [0.15, 0.2) is 0 Å². The van der Waals surface area contributed by atoms with Crippen molar-refractivity contribution >= 4 is 16.8 Å². The van der Waals surface area contributed by atoms with Gasteiger partial charge in [-0.15, -0.1) is 0 Å². The van der Waals surface area contributed by atoms with Crippen LogP contribution in [-0.2, 0) is 17.8 Å². The van der Waals surface area contributed by atoms with Gasteiger partial charge in [0.1, 0.15) is 0 Å². The summed E-state index contributed by atoms with van der Waals surface area (Å²) in [6.07, 6.45) is 3.54. The van der Waals surface area contributed by atoms with E-state index in [4.69, 9.17) is 0 Å². The first-order valence-electron chi connectivity index (χ1n) is 10.7. The SMILES string of the molecule is CCc1ccc(C(NC(=O)CCCn2cnc3c(C)cccc3c2=O)C(C)C)cc1. The van der Waals surface area contributed by atoms with Gasteiger partial charge in [0.05, 0.1) is 23.3 Å². The van der Waals surface area contributed by atoms with Gasteiger partial charge < -0.3 is 5.32 Å². The molecule has 1 atom stereocenters. The topological polar surface area (TPSA) is 64.0 Å². The van der Waals surface area contributed by atoms with Crippen LogP contribution in [0.5, 0.6) is 0 Å². The molecule has 30 heavy (non-hydrogen) atoms. The van der Waals surface area contributed by atoms with Crippen molar-refractivity contribution in [1.29, 1.82) is 0 Å². The second-order valence-corrected chi connectivity index (χ2v) is 8.20. The number of nitrogens with zero attached hydrogens (tertiary/aromatic N) is 2. The van der Waals surface area contributed by atoms with Crippen LogP contribution < -0.4 is 10.9 Å². The Kier molecular flexibility index (Phi) is 7.03. The third-order valence-electron chi connectivity index (χ3n) is 5.59. The highest BCUT2D eigenvalue weighted by Gasteiger charge is 2.18. The van der Waals surface area contributed by atoms with Crippen LogP contribution in [0.1, 0.15) is 56.3 Å². The Hall–Kier alpha value is -2.95. The van der Waals surface area contributed by atoms with E-state index in [0.717, 1.165) is 23.1 Å². The van der Waals surface area contributed by atoms with Crippen molar-refractivity contribution in [3.8, 4) is 0 Å². The summed E-state index contributed by atoms with van der Waals surface area (Å²) in [6.45, 7) is 8.78. The van der Waals surface area contributed by atoms with Gasteiger partial charge in [-0.3, -0.25) is 14.2 Å². The molecule has 0 bridgehead atoms. The van der Waals surface area contributed by atoms with Crippen LogP contribution in [0.15, 0.2) is 53.6 Å². The molecular weight excluding hydrogens is 374 g/mol. The summed E-state index contributed by atoms with van der Waals surface area (Å²) in [7, 11) is 0. The van der Waals surface area contributed by atoms with Crippen LogP contribution in [0.25, 0.3) is 10.9 Å². The summed E-state index contributed by atoms with van der Waals surface area (Å²) in [5.74, 6) is 0.294. The van der Waals surface area contributed by atoms with E-state index in [2.05, 4.69) is 55.3 Å². The van der Waals surface area contributed by atoms with Gasteiger partial charge in [-0.05, 0) is 48.4 Å². The molecule has 5 nitrogen and oxygen atoms in total. The molecule has 0 spiro atoms. The molecule has 0 aliphatic carbocycles. The fourth-order valence-electron chi connectivity index (χ4n) is 3.75. The molecule has 158 valence electrons. The maximum atomic E-state index is 12.7. The maximum absolute atomic E-state index is 12.7. The van der Waals surface area contributed by atoms with Crippen LogP contribution in [-0.4, -0.2) is 15.5 Å². The minimum absolute atomic E-state index is 0.00547. The Bertz CT molecular complexity index is 1070. The van der Waals surface area contributed by atoms with Crippen molar-refractivity contribution in [3.05, 3.63) is 75.8 Å². The van der Waals surface area contributed by atoms with Gasteiger partial charge in [-0.2, -0.15) is 0 Å². The highest BCUT2D eigenvalue weighted by molar-refractivity contribution is 5.80. The lowest BCUT2D eigenvalue weighted by molar-refractivity contribution is -0.122. The molecule has 1 amide bonds. The summed E-state index contributed by atoms with van der Waals surface area (Å²) in [4.78, 5) is 29.7. The van der Waals surface area contributed by atoms with Crippen LogP contribution in [0.2, 0.25) is 0 Å². The number of fused-ring (bicyclic) bond motifs is 1. The van der Waals surface area contributed by atoms with E-state index < -0.39 is 0 Å². The highest BCUT2D eigenvalue weighted by Crippen LogP contribution is 2.22. The molecule has 0 saturated carbocycles. The van der Waals surface area contributed by atoms with E-state index in [1.807, 2.05) is 19.1 Å². The second kappa shape index (κ2) is 9.70. The monoisotopic (exact) mass is 405 g/mol. The van der Waals surface area contributed by atoms with E-state index in [1.54, 1.807) is 17.0 Å². The summed E-state index contributed by atoms with van der Waals surface area (Å²) < 4.78 is 1.60. The Morgan fingerprint density at radius 1 is 1.13 bits per heavy atom. The minimum Gasteiger partial charge on any atom is -0.349 e. The van der Waals surface area contributed by atoms with Crippen molar-refractivity contribution in [2.24, 2.45) is 5.92 Å². The van der Waals surface area contributed by atoms with Crippen LogP contribution in [0, 0.1) is 12.8 Å². The number of aryl methyl sites for hydroxylation is 3. The third-order valence-corrected chi connectivity index (χ3v) is 5.59. The van der Waals surface area contributed by atoms with Crippen molar-refractivity contribution in [3.63, 3.8) is 0 Å². The summed E-state index contributed by atoms with van der Waals surface area (Å²) in [5.41, 5.74) is 4.09. The second-order valence-electron chi connectivity index (χ2n) is 8.20. The Balaban J connectivity index is 1.61. The molecule has 0 aliphatic heterocycles. The lowest BCUT2D eigenvalue weighted by Crippen LogP contribution is -2.32. The number of benzene rings is 2. The van der Waals surface area contributed by atoms with Gasteiger partial charge in [0.2, 0.25) is 5.91 Å². The first kappa shape index (κ1) is 21.8.